The third kappa shape index (κ3) is 3.52. The highest BCUT2D eigenvalue weighted by atomic mass is 32.2. The van der Waals surface area contributed by atoms with Gasteiger partial charge in [0.25, 0.3) is 0 Å². The van der Waals surface area contributed by atoms with Gasteiger partial charge in [-0.05, 0) is 37.1 Å². The van der Waals surface area contributed by atoms with Gasteiger partial charge in [-0.25, -0.2) is 13.1 Å². The van der Waals surface area contributed by atoms with Crippen LogP contribution in [-0.4, -0.2) is 18.6 Å². The number of aryl methyl sites for hydroxylation is 2. The number of pyridine rings is 1. The Morgan fingerprint density at radius 3 is 2.67 bits per heavy atom. The van der Waals surface area contributed by atoms with Crippen molar-refractivity contribution in [1.29, 1.82) is 0 Å². The molecule has 1 aromatic carbocycles. The van der Waals surface area contributed by atoms with Crippen LogP contribution in [0, 0.1) is 13.8 Å². The van der Waals surface area contributed by atoms with E-state index in [1.54, 1.807) is 43.6 Å². The summed E-state index contributed by atoms with van der Waals surface area (Å²) >= 11 is 0. The Bertz CT molecular complexity index is 950. The molecule has 0 aliphatic heterocycles. The van der Waals surface area contributed by atoms with E-state index in [9.17, 15) is 8.42 Å². The lowest BCUT2D eigenvalue weighted by molar-refractivity contribution is 0.427. The van der Waals surface area contributed by atoms with E-state index in [1.165, 1.54) is 0 Å². The number of hydrogen-bond donors (Lipinski definition) is 1. The van der Waals surface area contributed by atoms with Gasteiger partial charge in [0, 0.05) is 30.6 Å². The molecule has 0 spiro atoms. The van der Waals surface area contributed by atoms with Crippen molar-refractivity contribution < 1.29 is 12.9 Å². The molecule has 0 bridgehead atoms. The predicted octanol–water partition coefficient (Wildman–Crippen LogP) is 2.83. The molecule has 0 fully saturated rings. The minimum atomic E-state index is -3.65. The Balaban J connectivity index is 1.89. The molecule has 0 amide bonds. The Labute approximate surface area is 140 Å². The standard InChI is InChI=1S/C17H17N3O3S/c1-12-5-6-15(16-8-13(2)20-23-16)9-17(12)24(21,22)19-11-14-4-3-7-18-10-14/h3-10,19H,11H2,1-2H3. The molecule has 3 aromatic rings. The average Bonchev–Trinajstić information content (AvgIpc) is 3.01. The summed E-state index contributed by atoms with van der Waals surface area (Å²) in [6.45, 7) is 3.75. The minimum absolute atomic E-state index is 0.182. The second kappa shape index (κ2) is 6.54. The van der Waals surface area contributed by atoms with Crippen LogP contribution >= 0.6 is 0 Å². The highest BCUT2D eigenvalue weighted by molar-refractivity contribution is 7.89. The van der Waals surface area contributed by atoms with E-state index < -0.39 is 10.0 Å². The number of benzene rings is 1. The molecule has 0 unspecified atom stereocenters. The van der Waals surface area contributed by atoms with Crippen LogP contribution in [-0.2, 0) is 16.6 Å². The molecule has 124 valence electrons. The Hall–Kier alpha value is -2.51. The summed E-state index contributed by atoms with van der Waals surface area (Å²) in [5.41, 5.74) is 2.86. The maximum Gasteiger partial charge on any atom is 0.241 e. The first-order valence-corrected chi connectivity index (χ1v) is 8.87. The van der Waals surface area contributed by atoms with Crippen LogP contribution in [0.2, 0.25) is 0 Å². The van der Waals surface area contributed by atoms with Gasteiger partial charge >= 0.3 is 0 Å². The molecule has 0 aliphatic carbocycles. The monoisotopic (exact) mass is 343 g/mol. The fourth-order valence-electron chi connectivity index (χ4n) is 2.30. The minimum Gasteiger partial charge on any atom is -0.356 e. The second-order valence-corrected chi connectivity index (χ2v) is 7.23. The van der Waals surface area contributed by atoms with Crippen LogP contribution in [0.5, 0.6) is 0 Å². The van der Waals surface area contributed by atoms with E-state index in [-0.39, 0.29) is 11.4 Å². The number of aromatic nitrogens is 2. The molecule has 2 heterocycles. The summed E-state index contributed by atoms with van der Waals surface area (Å²) in [6, 6.07) is 10.5. The first kappa shape index (κ1) is 16.4. The quantitative estimate of drug-likeness (QED) is 0.770. The summed E-state index contributed by atoms with van der Waals surface area (Å²) in [4.78, 5) is 4.20. The fourth-order valence-corrected chi connectivity index (χ4v) is 3.59. The van der Waals surface area contributed by atoms with E-state index in [2.05, 4.69) is 14.9 Å². The molecule has 0 radical (unpaired) electrons. The zero-order valence-electron chi connectivity index (χ0n) is 13.4. The van der Waals surface area contributed by atoms with E-state index in [0.29, 0.717) is 16.9 Å². The first-order valence-electron chi connectivity index (χ1n) is 7.38. The maximum absolute atomic E-state index is 12.6. The van der Waals surface area contributed by atoms with Crippen molar-refractivity contribution in [3.63, 3.8) is 0 Å². The van der Waals surface area contributed by atoms with Gasteiger partial charge in [0.05, 0.1) is 10.6 Å². The average molecular weight is 343 g/mol. The fraction of sp³-hybridized carbons (Fsp3) is 0.176. The first-order chi connectivity index (χ1) is 11.5. The zero-order valence-corrected chi connectivity index (χ0v) is 14.2. The normalized spacial score (nSPS) is 11.6. The van der Waals surface area contributed by atoms with E-state index in [1.807, 2.05) is 19.1 Å². The number of nitrogens with one attached hydrogen (secondary N) is 1. The van der Waals surface area contributed by atoms with E-state index >= 15 is 0 Å². The van der Waals surface area contributed by atoms with Gasteiger partial charge in [-0.3, -0.25) is 4.98 Å². The number of nitrogens with zero attached hydrogens (tertiary/aromatic N) is 2. The largest absolute Gasteiger partial charge is 0.356 e. The summed E-state index contributed by atoms with van der Waals surface area (Å²) in [5, 5.41) is 3.84. The molecule has 24 heavy (non-hydrogen) atoms. The molecular formula is C17H17N3O3S. The van der Waals surface area contributed by atoms with Gasteiger partial charge in [0.2, 0.25) is 10.0 Å². The zero-order chi connectivity index (χ0) is 17.2. The van der Waals surface area contributed by atoms with Crippen molar-refractivity contribution in [3.8, 4) is 11.3 Å². The van der Waals surface area contributed by atoms with Crippen molar-refractivity contribution in [2.24, 2.45) is 0 Å². The Kier molecular flexibility index (Phi) is 4.46. The van der Waals surface area contributed by atoms with Crippen LogP contribution < -0.4 is 4.72 Å². The third-order valence-electron chi connectivity index (χ3n) is 3.58. The van der Waals surface area contributed by atoms with E-state index in [0.717, 1.165) is 11.3 Å². The smallest absolute Gasteiger partial charge is 0.241 e. The van der Waals surface area contributed by atoms with Crippen molar-refractivity contribution in [2.75, 3.05) is 0 Å². The maximum atomic E-state index is 12.6. The molecule has 3 rings (SSSR count). The van der Waals surface area contributed by atoms with Crippen LogP contribution in [0.25, 0.3) is 11.3 Å². The molecule has 6 nitrogen and oxygen atoms in total. The number of sulfonamides is 1. The summed E-state index contributed by atoms with van der Waals surface area (Å²) < 4.78 is 33.1. The van der Waals surface area contributed by atoms with Gasteiger partial charge in [0.15, 0.2) is 5.76 Å². The van der Waals surface area contributed by atoms with Gasteiger partial charge in [-0.15, -0.1) is 0 Å². The lowest BCUT2D eigenvalue weighted by atomic mass is 10.1. The SMILES string of the molecule is Cc1cc(-c2ccc(C)c(S(=O)(=O)NCc3cccnc3)c2)on1. The highest BCUT2D eigenvalue weighted by Gasteiger charge is 2.18. The van der Waals surface area contributed by atoms with Crippen molar-refractivity contribution >= 4 is 10.0 Å². The predicted molar refractivity (Wildman–Crippen MR) is 89.7 cm³/mol. The molecule has 2 aromatic heterocycles. The highest BCUT2D eigenvalue weighted by Crippen LogP contribution is 2.25. The molecule has 1 N–H and O–H groups in total. The van der Waals surface area contributed by atoms with Crippen LogP contribution in [0.4, 0.5) is 0 Å². The topological polar surface area (TPSA) is 85.1 Å². The second-order valence-electron chi connectivity index (χ2n) is 5.50. The Morgan fingerprint density at radius 2 is 2.00 bits per heavy atom. The number of hydrogen-bond acceptors (Lipinski definition) is 5. The van der Waals surface area contributed by atoms with Crippen LogP contribution in [0.1, 0.15) is 16.8 Å². The third-order valence-corrected chi connectivity index (χ3v) is 5.12. The molecule has 7 heteroatoms. The molecular weight excluding hydrogens is 326 g/mol. The van der Waals surface area contributed by atoms with Crippen LogP contribution in [0.15, 0.2) is 58.2 Å². The summed E-state index contributed by atoms with van der Waals surface area (Å²) in [6.07, 6.45) is 3.27. The lowest BCUT2D eigenvalue weighted by Gasteiger charge is -2.10. The molecule has 0 saturated heterocycles. The van der Waals surface area contributed by atoms with Crippen molar-refractivity contribution in [1.82, 2.24) is 14.9 Å². The van der Waals surface area contributed by atoms with Crippen molar-refractivity contribution in [3.05, 3.63) is 65.6 Å². The number of rotatable bonds is 5. The van der Waals surface area contributed by atoms with Crippen LogP contribution in [0.3, 0.4) is 0 Å². The van der Waals surface area contributed by atoms with Gasteiger partial charge in [-0.2, -0.15) is 0 Å². The van der Waals surface area contributed by atoms with Gasteiger partial charge in [-0.1, -0.05) is 23.4 Å². The van der Waals surface area contributed by atoms with E-state index in [4.69, 9.17) is 4.52 Å². The molecule has 0 aliphatic rings. The molecule has 0 saturated carbocycles. The summed E-state index contributed by atoms with van der Waals surface area (Å²) in [7, 11) is -3.65. The summed E-state index contributed by atoms with van der Waals surface area (Å²) in [5.74, 6) is 0.538. The van der Waals surface area contributed by atoms with Gasteiger partial charge in [0.1, 0.15) is 0 Å². The lowest BCUT2D eigenvalue weighted by Crippen LogP contribution is -2.24. The molecule has 0 atom stereocenters. The van der Waals surface area contributed by atoms with Gasteiger partial charge < -0.3 is 4.52 Å². The van der Waals surface area contributed by atoms with Crippen molar-refractivity contribution in [2.45, 2.75) is 25.3 Å². The Morgan fingerprint density at radius 1 is 1.17 bits per heavy atom.